The lowest BCUT2D eigenvalue weighted by molar-refractivity contribution is -0.0545. The molecule has 37 heavy (non-hydrogen) atoms. The van der Waals surface area contributed by atoms with Crippen LogP contribution in [0.2, 0.25) is 0 Å². The lowest BCUT2D eigenvalue weighted by atomic mass is 10.0. The number of aliphatic hydroxyl groups is 3. The smallest absolute Gasteiger partial charge is 0.324 e. The van der Waals surface area contributed by atoms with E-state index in [1.165, 1.54) is 11.3 Å². The van der Waals surface area contributed by atoms with E-state index in [0.29, 0.717) is 39.9 Å². The molecule has 3 atom stereocenters. The minimum atomic E-state index is -1.70. The largest absolute Gasteiger partial charge is 0.496 e. The number of nitrogens with zero attached hydrogens (tertiary/aromatic N) is 3. The molecule has 10 nitrogen and oxygen atoms in total. The Balaban J connectivity index is 1.59. The number of anilines is 1. The first-order valence-corrected chi connectivity index (χ1v) is 12.6. The lowest BCUT2D eigenvalue weighted by Crippen LogP contribution is -2.48. The van der Waals surface area contributed by atoms with Crippen LogP contribution in [0.4, 0.5) is 5.82 Å². The van der Waals surface area contributed by atoms with E-state index in [9.17, 15) is 15.3 Å². The van der Waals surface area contributed by atoms with E-state index in [-0.39, 0.29) is 24.9 Å². The van der Waals surface area contributed by atoms with Gasteiger partial charge in [-0.25, -0.2) is 4.98 Å². The van der Waals surface area contributed by atoms with Crippen molar-refractivity contribution in [3.05, 3.63) is 48.2 Å². The average Bonchev–Trinajstić information content (AvgIpc) is 3.43. The molecule has 2 aromatic carbocycles. The fourth-order valence-electron chi connectivity index (χ4n) is 4.50. The summed E-state index contributed by atoms with van der Waals surface area (Å²) in [6.07, 6.45) is -0.511. The van der Waals surface area contributed by atoms with Gasteiger partial charge in [0.15, 0.2) is 5.72 Å². The maximum absolute atomic E-state index is 11.3. The highest BCUT2D eigenvalue weighted by molar-refractivity contribution is 7.21. The van der Waals surface area contributed by atoms with Gasteiger partial charge in [0.1, 0.15) is 34.2 Å². The number of aliphatic hydroxyl groups excluding tert-OH is 2. The predicted octanol–water partition coefficient (Wildman–Crippen LogP) is 3.73. The Bertz CT molecular complexity index is 1370. The van der Waals surface area contributed by atoms with Crippen LogP contribution >= 0.6 is 11.3 Å². The number of ether oxygens (including phenoxy) is 3. The molecular weight excluding hydrogens is 496 g/mol. The molecule has 2 heterocycles. The summed E-state index contributed by atoms with van der Waals surface area (Å²) in [5.74, 6) is 1.28. The number of benzene rings is 2. The molecule has 4 aromatic rings. The van der Waals surface area contributed by atoms with E-state index in [1.54, 1.807) is 39.3 Å². The molecule has 11 heteroatoms. The highest BCUT2D eigenvalue weighted by Gasteiger charge is 2.47. The topological polar surface area (TPSA) is 139 Å². The minimum absolute atomic E-state index is 0.0231. The van der Waals surface area contributed by atoms with Gasteiger partial charge in [-0.15, -0.1) is 11.3 Å². The van der Waals surface area contributed by atoms with Gasteiger partial charge in [0.05, 0.1) is 35.7 Å². The van der Waals surface area contributed by atoms with Crippen LogP contribution in [0.5, 0.6) is 23.3 Å². The fourth-order valence-corrected chi connectivity index (χ4v) is 5.56. The zero-order valence-electron chi connectivity index (χ0n) is 20.6. The first-order valence-electron chi connectivity index (χ1n) is 11.8. The second-order valence-electron chi connectivity index (χ2n) is 8.93. The van der Waals surface area contributed by atoms with Crippen LogP contribution in [-0.4, -0.2) is 62.9 Å². The fraction of sp³-hybridized carbons (Fsp3) is 0.346. The number of rotatable bonds is 8. The SMILES string of the molecule is COc1cc(OC)cc(Oc2nc(C)c(-c3nc4ccccc4s3)c(NC3(O)CCC(CO)C3O)n2)c1. The summed E-state index contributed by atoms with van der Waals surface area (Å²) in [6, 6.07) is 12.9. The van der Waals surface area contributed by atoms with Crippen LogP contribution < -0.4 is 19.5 Å². The molecule has 0 radical (unpaired) electrons. The molecule has 0 spiro atoms. The summed E-state index contributed by atoms with van der Waals surface area (Å²) in [7, 11) is 3.09. The summed E-state index contributed by atoms with van der Waals surface area (Å²) in [5.41, 5.74) is 0.286. The summed E-state index contributed by atoms with van der Waals surface area (Å²) in [4.78, 5) is 13.9. The van der Waals surface area contributed by atoms with Crippen molar-refractivity contribution >= 4 is 27.4 Å². The number of thiazole rings is 1. The Labute approximate surface area is 217 Å². The van der Waals surface area contributed by atoms with Crippen molar-refractivity contribution in [2.24, 2.45) is 5.92 Å². The molecule has 0 aliphatic heterocycles. The second kappa shape index (κ2) is 10.1. The van der Waals surface area contributed by atoms with Gasteiger partial charge in [0.2, 0.25) is 0 Å². The van der Waals surface area contributed by atoms with Crippen molar-refractivity contribution in [1.29, 1.82) is 0 Å². The van der Waals surface area contributed by atoms with Gasteiger partial charge in [-0.3, -0.25) is 0 Å². The molecule has 1 saturated carbocycles. The Kier molecular flexibility index (Phi) is 6.86. The van der Waals surface area contributed by atoms with Crippen molar-refractivity contribution in [3.8, 4) is 33.8 Å². The van der Waals surface area contributed by atoms with Crippen LogP contribution in [0.3, 0.4) is 0 Å². The zero-order valence-corrected chi connectivity index (χ0v) is 21.5. The molecular formula is C26H28N4O6S. The normalized spacial score (nSPS) is 21.2. The third-order valence-electron chi connectivity index (χ3n) is 6.51. The van der Waals surface area contributed by atoms with Crippen LogP contribution in [0.15, 0.2) is 42.5 Å². The minimum Gasteiger partial charge on any atom is -0.496 e. The van der Waals surface area contributed by atoms with Crippen LogP contribution in [-0.2, 0) is 0 Å². The molecule has 1 aliphatic rings. The molecule has 0 saturated heterocycles. The maximum atomic E-state index is 11.3. The Hall–Kier alpha value is -3.51. The first kappa shape index (κ1) is 25.2. The van der Waals surface area contributed by atoms with E-state index in [0.717, 1.165) is 10.2 Å². The quantitative estimate of drug-likeness (QED) is 0.252. The summed E-state index contributed by atoms with van der Waals surface area (Å²) < 4.78 is 17.6. The van der Waals surface area contributed by atoms with Gasteiger partial charge < -0.3 is 34.8 Å². The number of aromatic nitrogens is 3. The lowest BCUT2D eigenvalue weighted by Gasteiger charge is -2.30. The Morgan fingerprint density at radius 2 is 1.76 bits per heavy atom. The number of fused-ring (bicyclic) bond motifs is 1. The number of aryl methyl sites for hydroxylation is 1. The van der Waals surface area contributed by atoms with Gasteiger partial charge in [-0.2, -0.15) is 9.97 Å². The van der Waals surface area contributed by atoms with E-state index in [2.05, 4.69) is 15.3 Å². The van der Waals surface area contributed by atoms with E-state index < -0.39 is 17.7 Å². The molecule has 3 unspecified atom stereocenters. The molecule has 0 amide bonds. The van der Waals surface area contributed by atoms with Crippen molar-refractivity contribution in [2.45, 2.75) is 31.6 Å². The van der Waals surface area contributed by atoms with Gasteiger partial charge in [-0.05, 0) is 31.9 Å². The Morgan fingerprint density at radius 3 is 2.41 bits per heavy atom. The third kappa shape index (κ3) is 4.90. The highest BCUT2D eigenvalue weighted by Crippen LogP contribution is 2.41. The number of para-hydroxylation sites is 1. The van der Waals surface area contributed by atoms with Gasteiger partial charge in [0, 0.05) is 30.7 Å². The van der Waals surface area contributed by atoms with Crippen molar-refractivity contribution < 1.29 is 29.5 Å². The van der Waals surface area contributed by atoms with Crippen molar-refractivity contribution in [1.82, 2.24) is 15.0 Å². The predicted molar refractivity (Wildman–Crippen MR) is 139 cm³/mol. The second-order valence-corrected chi connectivity index (χ2v) is 9.96. The van der Waals surface area contributed by atoms with E-state index >= 15 is 0 Å². The van der Waals surface area contributed by atoms with E-state index in [1.807, 2.05) is 24.3 Å². The molecule has 194 valence electrons. The molecule has 5 rings (SSSR count). The first-order chi connectivity index (χ1) is 17.8. The average molecular weight is 525 g/mol. The number of hydrogen-bond donors (Lipinski definition) is 4. The molecule has 1 fully saturated rings. The molecule has 4 N–H and O–H groups in total. The molecule has 1 aliphatic carbocycles. The van der Waals surface area contributed by atoms with Gasteiger partial charge in [-0.1, -0.05) is 12.1 Å². The standard InChI is InChI=1S/C26H28N4O6S/c1-14-21(24-28-19-6-4-5-7-20(19)37-24)23(30-26(33)9-8-15(13-31)22(26)32)29-25(27-14)36-18-11-16(34-2)10-17(12-18)35-3/h4-7,10-12,15,22,31-33H,8-9,13H2,1-3H3,(H,27,29,30). The molecule has 2 aromatic heterocycles. The van der Waals surface area contributed by atoms with Gasteiger partial charge >= 0.3 is 6.01 Å². The summed E-state index contributed by atoms with van der Waals surface area (Å²) >= 11 is 1.47. The Morgan fingerprint density at radius 1 is 1.05 bits per heavy atom. The number of hydrogen-bond acceptors (Lipinski definition) is 11. The third-order valence-corrected chi connectivity index (χ3v) is 7.57. The van der Waals surface area contributed by atoms with Crippen LogP contribution in [0.1, 0.15) is 18.5 Å². The van der Waals surface area contributed by atoms with Crippen molar-refractivity contribution in [3.63, 3.8) is 0 Å². The number of nitrogens with one attached hydrogen (secondary N) is 1. The summed E-state index contributed by atoms with van der Waals surface area (Å²) in [6.45, 7) is 1.57. The maximum Gasteiger partial charge on any atom is 0.324 e. The van der Waals surface area contributed by atoms with Gasteiger partial charge in [0.25, 0.3) is 0 Å². The zero-order chi connectivity index (χ0) is 26.2. The summed E-state index contributed by atoms with van der Waals surface area (Å²) in [5, 5.41) is 35.4. The van der Waals surface area contributed by atoms with E-state index in [4.69, 9.17) is 19.2 Å². The van der Waals surface area contributed by atoms with Crippen LogP contribution in [0, 0.1) is 12.8 Å². The monoisotopic (exact) mass is 524 g/mol. The number of methoxy groups -OCH3 is 2. The van der Waals surface area contributed by atoms with Crippen molar-refractivity contribution in [2.75, 3.05) is 26.1 Å². The molecule has 0 bridgehead atoms. The van der Waals surface area contributed by atoms with Crippen LogP contribution in [0.25, 0.3) is 20.8 Å². The highest BCUT2D eigenvalue weighted by atomic mass is 32.1.